The molecule has 0 saturated carbocycles. The molecule has 0 aromatic carbocycles. The zero-order chi connectivity index (χ0) is 25.4. The summed E-state index contributed by atoms with van der Waals surface area (Å²) in [5.41, 5.74) is 2.45. The number of urea groups is 1. The number of rotatable bonds is 4. The van der Waals surface area contributed by atoms with Crippen molar-refractivity contribution in [2.24, 2.45) is 5.92 Å². The maximum Gasteiger partial charge on any atom is 0.321 e. The standard InChI is InChI=1S/C26H37N7O3.CH4/c1-17-5-6-21(27-13-17)24(34)28-23-20-16-33(26(3,4)22(20)29-30-23)25(35)32-10-9-31(14-18(32)2)15-19-7-11-36-12-8-19;/h5-6,13,18-19H,7-12,14-16H2,1-4H3,(H2,28,29,30,34);1H4/t18-;/m0./s1. The maximum absolute atomic E-state index is 13.8. The van der Waals surface area contributed by atoms with Crippen LogP contribution < -0.4 is 5.32 Å². The summed E-state index contributed by atoms with van der Waals surface area (Å²) in [4.78, 5) is 37.1. The summed E-state index contributed by atoms with van der Waals surface area (Å²) in [5.74, 6) is 0.822. The number of carbonyl (C=O) groups is 2. The second kappa shape index (κ2) is 10.8. The highest BCUT2D eigenvalue weighted by Gasteiger charge is 2.46. The van der Waals surface area contributed by atoms with Crippen molar-refractivity contribution in [2.75, 3.05) is 44.7 Å². The van der Waals surface area contributed by atoms with Crippen LogP contribution in [0.15, 0.2) is 18.3 Å². The molecule has 0 aliphatic carbocycles. The fraction of sp³-hybridized carbons (Fsp3) is 0.630. The van der Waals surface area contributed by atoms with Gasteiger partial charge < -0.3 is 19.9 Å². The van der Waals surface area contributed by atoms with Crippen LogP contribution in [0, 0.1) is 12.8 Å². The Kier molecular flexibility index (Phi) is 7.89. The number of ether oxygens (including phenoxy) is 1. The Bertz CT molecular complexity index is 1110. The Morgan fingerprint density at radius 3 is 2.65 bits per heavy atom. The zero-order valence-corrected chi connectivity index (χ0v) is 21.7. The average molecular weight is 512 g/mol. The van der Waals surface area contributed by atoms with E-state index < -0.39 is 5.54 Å². The van der Waals surface area contributed by atoms with Gasteiger partial charge in [-0.05, 0) is 58.1 Å². The first-order chi connectivity index (χ1) is 17.2. The van der Waals surface area contributed by atoms with Crippen LogP contribution in [0.2, 0.25) is 0 Å². The number of aromatic nitrogens is 3. The minimum atomic E-state index is -0.566. The minimum Gasteiger partial charge on any atom is -0.381 e. The van der Waals surface area contributed by atoms with Gasteiger partial charge in [0.1, 0.15) is 5.69 Å². The van der Waals surface area contributed by atoms with Crippen molar-refractivity contribution in [3.8, 4) is 0 Å². The summed E-state index contributed by atoms with van der Waals surface area (Å²) in [6, 6.07) is 3.71. The average Bonchev–Trinajstić information content (AvgIpc) is 3.37. The fourth-order valence-electron chi connectivity index (χ4n) is 5.63. The molecule has 2 aromatic heterocycles. The Labute approximate surface area is 219 Å². The molecule has 3 aliphatic heterocycles. The lowest BCUT2D eigenvalue weighted by Gasteiger charge is -2.44. The number of nitrogens with one attached hydrogen (secondary N) is 2. The lowest BCUT2D eigenvalue weighted by molar-refractivity contribution is 0.0290. The van der Waals surface area contributed by atoms with Gasteiger partial charge in [-0.1, -0.05) is 13.5 Å². The van der Waals surface area contributed by atoms with E-state index in [0.29, 0.717) is 30.5 Å². The molecule has 202 valence electrons. The normalized spacial score (nSPS) is 21.9. The Morgan fingerprint density at radius 1 is 1.22 bits per heavy atom. The monoisotopic (exact) mass is 511 g/mol. The van der Waals surface area contributed by atoms with Gasteiger partial charge in [-0.25, -0.2) is 4.79 Å². The van der Waals surface area contributed by atoms with Crippen LogP contribution in [0.1, 0.15) is 68.3 Å². The Hall–Kier alpha value is -2.98. The topological polar surface area (TPSA) is 107 Å². The number of piperazine rings is 1. The number of anilines is 1. The summed E-state index contributed by atoms with van der Waals surface area (Å²) in [6.07, 6.45) is 3.91. The van der Waals surface area contributed by atoms with E-state index in [9.17, 15) is 9.59 Å². The van der Waals surface area contributed by atoms with Crippen molar-refractivity contribution in [3.63, 3.8) is 0 Å². The van der Waals surface area contributed by atoms with Crippen LogP contribution in [0.4, 0.5) is 10.6 Å². The Balaban J connectivity index is 0.00000320. The molecule has 0 spiro atoms. The van der Waals surface area contributed by atoms with Gasteiger partial charge in [0, 0.05) is 57.2 Å². The molecule has 2 N–H and O–H groups in total. The zero-order valence-electron chi connectivity index (χ0n) is 21.7. The molecular formula is C27H41N7O3. The first-order valence-corrected chi connectivity index (χ1v) is 12.9. The molecule has 3 aliphatic rings. The molecule has 5 heterocycles. The molecule has 0 bridgehead atoms. The van der Waals surface area contributed by atoms with Crippen LogP contribution in [-0.4, -0.2) is 87.3 Å². The Morgan fingerprint density at radius 2 is 1.97 bits per heavy atom. The molecule has 37 heavy (non-hydrogen) atoms. The highest BCUT2D eigenvalue weighted by molar-refractivity contribution is 6.02. The number of H-pyrrole nitrogens is 1. The third-order valence-corrected chi connectivity index (χ3v) is 7.89. The number of amides is 3. The van der Waals surface area contributed by atoms with Crippen molar-refractivity contribution < 1.29 is 14.3 Å². The fourth-order valence-corrected chi connectivity index (χ4v) is 5.63. The second-order valence-electron chi connectivity index (χ2n) is 10.9. The van der Waals surface area contributed by atoms with Gasteiger partial charge in [-0.3, -0.25) is 19.8 Å². The lowest BCUT2D eigenvalue weighted by atomic mass is 9.99. The molecule has 2 saturated heterocycles. The van der Waals surface area contributed by atoms with E-state index in [1.54, 1.807) is 12.3 Å². The summed E-state index contributed by atoms with van der Waals surface area (Å²) in [7, 11) is 0. The summed E-state index contributed by atoms with van der Waals surface area (Å²) in [5, 5.41) is 10.3. The number of aryl methyl sites for hydroxylation is 1. The predicted octanol–water partition coefficient (Wildman–Crippen LogP) is 3.60. The maximum atomic E-state index is 13.8. The molecule has 0 unspecified atom stereocenters. The first-order valence-electron chi connectivity index (χ1n) is 12.9. The predicted molar refractivity (Wildman–Crippen MR) is 142 cm³/mol. The number of pyridine rings is 1. The molecule has 2 aromatic rings. The van der Waals surface area contributed by atoms with Crippen LogP contribution in [0.25, 0.3) is 0 Å². The van der Waals surface area contributed by atoms with Crippen molar-refractivity contribution in [3.05, 3.63) is 40.8 Å². The van der Waals surface area contributed by atoms with E-state index in [2.05, 4.69) is 32.3 Å². The third-order valence-electron chi connectivity index (χ3n) is 7.89. The van der Waals surface area contributed by atoms with Crippen molar-refractivity contribution >= 4 is 17.8 Å². The third kappa shape index (κ3) is 5.36. The van der Waals surface area contributed by atoms with E-state index in [4.69, 9.17) is 4.74 Å². The van der Waals surface area contributed by atoms with E-state index in [1.807, 2.05) is 36.6 Å². The number of carbonyl (C=O) groups excluding carboxylic acids is 2. The van der Waals surface area contributed by atoms with Crippen molar-refractivity contribution in [1.82, 2.24) is 29.9 Å². The number of hydrogen-bond donors (Lipinski definition) is 2. The molecule has 10 nitrogen and oxygen atoms in total. The van der Waals surface area contributed by atoms with Gasteiger partial charge in [0.25, 0.3) is 5.91 Å². The van der Waals surface area contributed by atoms with Crippen LogP contribution in [0.5, 0.6) is 0 Å². The van der Waals surface area contributed by atoms with Gasteiger partial charge in [0.05, 0.1) is 17.8 Å². The summed E-state index contributed by atoms with van der Waals surface area (Å²) in [6.45, 7) is 13.8. The van der Waals surface area contributed by atoms with Crippen molar-refractivity contribution in [1.29, 1.82) is 0 Å². The molecule has 5 rings (SSSR count). The smallest absolute Gasteiger partial charge is 0.321 e. The number of hydrogen-bond acceptors (Lipinski definition) is 6. The highest BCUT2D eigenvalue weighted by Crippen LogP contribution is 2.41. The molecule has 2 fully saturated rings. The van der Waals surface area contributed by atoms with Crippen molar-refractivity contribution in [2.45, 2.75) is 66.1 Å². The number of nitrogens with zero attached hydrogens (tertiary/aromatic N) is 5. The molecule has 10 heteroatoms. The summed E-state index contributed by atoms with van der Waals surface area (Å²) < 4.78 is 5.50. The number of aromatic amines is 1. The quantitative estimate of drug-likeness (QED) is 0.650. The van der Waals surface area contributed by atoms with E-state index in [1.165, 1.54) is 0 Å². The van der Waals surface area contributed by atoms with E-state index in [0.717, 1.165) is 62.5 Å². The van der Waals surface area contributed by atoms with Gasteiger partial charge in [-0.15, -0.1) is 0 Å². The number of fused-ring (bicyclic) bond motifs is 1. The van der Waals surface area contributed by atoms with Gasteiger partial charge in [0.2, 0.25) is 0 Å². The molecular weight excluding hydrogens is 470 g/mol. The SMILES string of the molecule is C.Cc1ccc(C(=O)Nc2n[nH]c3c2CN(C(=O)N2CCN(CC4CCOCC4)C[C@@H]2C)C3(C)C)nc1. The van der Waals surface area contributed by atoms with Crippen LogP contribution in [-0.2, 0) is 16.8 Å². The van der Waals surface area contributed by atoms with Gasteiger partial charge in [0.15, 0.2) is 5.82 Å². The van der Waals surface area contributed by atoms with Gasteiger partial charge >= 0.3 is 6.03 Å². The molecule has 3 amide bonds. The minimum absolute atomic E-state index is 0. The summed E-state index contributed by atoms with van der Waals surface area (Å²) >= 11 is 0. The van der Waals surface area contributed by atoms with E-state index >= 15 is 0 Å². The van der Waals surface area contributed by atoms with Crippen LogP contribution in [0.3, 0.4) is 0 Å². The first kappa shape index (κ1) is 27.1. The molecule has 0 radical (unpaired) electrons. The van der Waals surface area contributed by atoms with E-state index in [-0.39, 0.29) is 25.4 Å². The largest absolute Gasteiger partial charge is 0.381 e. The molecule has 1 atom stereocenters. The lowest BCUT2D eigenvalue weighted by Crippen LogP contribution is -2.59. The van der Waals surface area contributed by atoms with Gasteiger partial charge in [-0.2, -0.15) is 5.10 Å². The second-order valence-corrected chi connectivity index (χ2v) is 10.9. The van der Waals surface area contributed by atoms with Crippen LogP contribution >= 0.6 is 0 Å². The highest BCUT2D eigenvalue weighted by atomic mass is 16.5.